The van der Waals surface area contributed by atoms with Crippen molar-refractivity contribution in [2.45, 2.75) is 0 Å². The van der Waals surface area contributed by atoms with Crippen LogP contribution in [0.2, 0.25) is 0 Å². The summed E-state index contributed by atoms with van der Waals surface area (Å²) >= 11 is 0. The molecule has 2 aromatic heterocycles. The molecule has 9 heteroatoms. The molecule has 0 unspecified atom stereocenters. The third kappa shape index (κ3) is 2.80. The molecule has 6 N–H and O–H groups in total. The van der Waals surface area contributed by atoms with Crippen molar-refractivity contribution in [1.82, 2.24) is 19.6 Å². The fourth-order valence-electron chi connectivity index (χ4n) is 2.91. The molecule has 0 radical (unpaired) electrons. The van der Waals surface area contributed by atoms with Gasteiger partial charge in [-0.15, -0.1) is 0 Å². The van der Waals surface area contributed by atoms with E-state index in [9.17, 15) is 4.39 Å². The molecule has 0 spiro atoms. The molecule has 0 fully saturated rings. The van der Waals surface area contributed by atoms with Crippen LogP contribution in [0.25, 0.3) is 33.4 Å². The first-order valence-corrected chi connectivity index (χ1v) is 7.96. The molecule has 8 nitrogen and oxygen atoms in total. The van der Waals surface area contributed by atoms with Gasteiger partial charge < -0.3 is 17.4 Å². The lowest BCUT2D eigenvalue weighted by Crippen LogP contribution is -2.34. The van der Waals surface area contributed by atoms with Gasteiger partial charge in [-0.1, -0.05) is 6.07 Å². The predicted octanol–water partition coefficient (Wildman–Crippen LogP) is 1.37. The summed E-state index contributed by atoms with van der Waals surface area (Å²) in [4.78, 5) is 12.7. The van der Waals surface area contributed by atoms with Crippen molar-refractivity contribution in [2.24, 2.45) is 10.9 Å². The van der Waals surface area contributed by atoms with E-state index in [4.69, 9.17) is 17.4 Å². The minimum absolute atomic E-state index is 0.0622. The topological polar surface area (TPSA) is 134 Å². The second-order valence-corrected chi connectivity index (χ2v) is 5.82. The number of fused-ring (bicyclic) bond motifs is 1. The first-order valence-electron chi connectivity index (χ1n) is 7.96. The van der Waals surface area contributed by atoms with Crippen molar-refractivity contribution in [2.75, 3.05) is 11.6 Å². The number of nitrogens with zero attached hydrogens (tertiary/aromatic N) is 5. The standard InChI is InChI=1S/C18H15FN8/c19-13-4-1-10(2-5-13)15-16(27(22)18(26-21)17(20)25-15)11-3-6-14-12(7-11)8-23-9-24-14/h1-9H,21-22H2,(H2,20,25)/b26-18-. The van der Waals surface area contributed by atoms with Gasteiger partial charge in [-0.2, -0.15) is 5.10 Å². The van der Waals surface area contributed by atoms with Gasteiger partial charge in [0.05, 0.1) is 16.9 Å². The number of nitrogens with two attached hydrogens (primary N) is 3. The molecular formula is C18H15FN8. The highest BCUT2D eigenvalue weighted by Crippen LogP contribution is 2.31. The van der Waals surface area contributed by atoms with Crippen LogP contribution in [0, 0.1) is 5.82 Å². The maximum atomic E-state index is 13.4. The highest BCUT2D eigenvalue weighted by Gasteiger charge is 2.17. The smallest absolute Gasteiger partial charge is 0.213 e. The van der Waals surface area contributed by atoms with Crippen LogP contribution < -0.4 is 22.9 Å². The van der Waals surface area contributed by atoms with Crippen LogP contribution in [-0.2, 0) is 0 Å². The number of anilines is 1. The molecule has 0 bridgehead atoms. The van der Waals surface area contributed by atoms with Crippen molar-refractivity contribution in [3.63, 3.8) is 0 Å². The van der Waals surface area contributed by atoms with Crippen molar-refractivity contribution in [1.29, 1.82) is 0 Å². The van der Waals surface area contributed by atoms with Crippen molar-refractivity contribution < 1.29 is 4.39 Å². The fraction of sp³-hybridized carbons (Fsp3) is 0. The Bertz CT molecular complexity index is 1210. The summed E-state index contributed by atoms with van der Waals surface area (Å²) in [5.74, 6) is 11.4. The Hall–Kier alpha value is -4.01. The van der Waals surface area contributed by atoms with Crippen LogP contribution in [-0.4, -0.2) is 19.6 Å². The van der Waals surface area contributed by atoms with E-state index in [1.54, 1.807) is 18.3 Å². The molecule has 4 aromatic rings. The lowest BCUT2D eigenvalue weighted by molar-refractivity contribution is 0.628. The normalized spacial score (nSPS) is 11.8. The average Bonchev–Trinajstić information content (AvgIpc) is 2.68. The third-order valence-electron chi connectivity index (χ3n) is 4.17. The highest BCUT2D eigenvalue weighted by molar-refractivity contribution is 5.87. The molecule has 134 valence electrons. The van der Waals surface area contributed by atoms with Crippen molar-refractivity contribution >= 4 is 16.7 Å². The zero-order valence-electron chi connectivity index (χ0n) is 14.0. The molecule has 0 aliphatic rings. The molecule has 0 amide bonds. The minimum atomic E-state index is -0.356. The first-order chi connectivity index (χ1) is 13.1. The lowest BCUT2D eigenvalue weighted by Gasteiger charge is -2.16. The molecule has 0 saturated carbocycles. The molecule has 2 aromatic carbocycles. The van der Waals surface area contributed by atoms with Gasteiger partial charge in [-0.3, -0.25) is 0 Å². The zero-order valence-corrected chi connectivity index (χ0v) is 14.0. The largest absolute Gasteiger partial charge is 0.380 e. The van der Waals surface area contributed by atoms with Crippen LogP contribution in [0.15, 0.2) is 60.1 Å². The number of rotatable bonds is 2. The summed E-state index contributed by atoms with van der Waals surface area (Å²) in [5, 5.41) is 4.46. The van der Waals surface area contributed by atoms with E-state index < -0.39 is 0 Å². The van der Waals surface area contributed by atoms with Gasteiger partial charge in [0.2, 0.25) is 5.49 Å². The number of hydrogen-bond donors (Lipinski definition) is 3. The Morgan fingerprint density at radius 3 is 2.52 bits per heavy atom. The van der Waals surface area contributed by atoms with E-state index in [1.165, 1.54) is 23.1 Å². The second-order valence-electron chi connectivity index (χ2n) is 5.82. The zero-order chi connectivity index (χ0) is 19.0. The van der Waals surface area contributed by atoms with Gasteiger partial charge in [0.15, 0.2) is 5.82 Å². The van der Waals surface area contributed by atoms with E-state index in [1.807, 2.05) is 18.2 Å². The Morgan fingerprint density at radius 1 is 1.04 bits per heavy atom. The average molecular weight is 362 g/mol. The van der Waals surface area contributed by atoms with E-state index in [-0.39, 0.29) is 17.1 Å². The molecule has 0 saturated heterocycles. The van der Waals surface area contributed by atoms with Gasteiger partial charge >= 0.3 is 0 Å². The second kappa shape index (κ2) is 6.37. The molecule has 0 atom stereocenters. The highest BCUT2D eigenvalue weighted by atomic mass is 19.1. The minimum Gasteiger partial charge on any atom is -0.380 e. The molecule has 0 aliphatic carbocycles. The Kier molecular flexibility index (Phi) is 3.88. The molecule has 2 heterocycles. The Labute approximate surface area is 152 Å². The van der Waals surface area contributed by atoms with E-state index >= 15 is 0 Å². The van der Waals surface area contributed by atoms with Gasteiger partial charge in [0, 0.05) is 22.7 Å². The summed E-state index contributed by atoms with van der Waals surface area (Å²) in [7, 11) is 0. The van der Waals surface area contributed by atoms with Crippen LogP contribution >= 0.6 is 0 Å². The fourth-order valence-corrected chi connectivity index (χ4v) is 2.91. The SMILES string of the molecule is N/N=c1/c(N)nc(-c2ccc(F)cc2)c(-c2ccc3ncncc3c2)n1N. The monoisotopic (exact) mass is 362 g/mol. The van der Waals surface area contributed by atoms with Gasteiger partial charge in [0.1, 0.15) is 12.1 Å². The lowest BCUT2D eigenvalue weighted by atomic mass is 10.0. The van der Waals surface area contributed by atoms with Crippen molar-refractivity contribution in [3.05, 3.63) is 66.3 Å². The predicted molar refractivity (Wildman–Crippen MR) is 100 cm³/mol. The number of aromatic nitrogens is 4. The first kappa shape index (κ1) is 16.5. The number of halogens is 1. The maximum Gasteiger partial charge on any atom is 0.213 e. The summed E-state index contributed by atoms with van der Waals surface area (Å²) in [6.07, 6.45) is 3.18. The quantitative estimate of drug-likeness (QED) is 0.364. The van der Waals surface area contributed by atoms with Crippen LogP contribution in [0.3, 0.4) is 0 Å². The number of benzene rings is 2. The molecular weight excluding hydrogens is 347 g/mol. The summed E-state index contributed by atoms with van der Waals surface area (Å²) in [5.41, 5.74) is 9.23. The van der Waals surface area contributed by atoms with E-state index in [0.717, 1.165) is 16.5 Å². The number of hydrogen-bond acceptors (Lipinski definition) is 7. The van der Waals surface area contributed by atoms with Crippen LogP contribution in [0.1, 0.15) is 0 Å². The molecule has 0 aliphatic heterocycles. The van der Waals surface area contributed by atoms with E-state index in [2.05, 4.69) is 20.1 Å². The van der Waals surface area contributed by atoms with Crippen LogP contribution in [0.5, 0.6) is 0 Å². The maximum absolute atomic E-state index is 13.4. The van der Waals surface area contributed by atoms with Gasteiger partial charge in [-0.05, 0) is 36.4 Å². The van der Waals surface area contributed by atoms with Gasteiger partial charge in [0.25, 0.3) is 0 Å². The molecule has 4 rings (SSSR count). The molecule has 27 heavy (non-hydrogen) atoms. The Balaban J connectivity index is 2.06. The van der Waals surface area contributed by atoms with Crippen LogP contribution in [0.4, 0.5) is 10.2 Å². The summed E-state index contributed by atoms with van der Waals surface area (Å²) in [6, 6.07) is 11.4. The van der Waals surface area contributed by atoms with Gasteiger partial charge in [-0.25, -0.2) is 24.0 Å². The number of nitrogen functional groups attached to an aromatic ring is 2. The van der Waals surface area contributed by atoms with E-state index in [0.29, 0.717) is 17.0 Å². The summed E-state index contributed by atoms with van der Waals surface area (Å²) in [6.45, 7) is 0. The third-order valence-corrected chi connectivity index (χ3v) is 4.17. The summed E-state index contributed by atoms with van der Waals surface area (Å²) < 4.78 is 14.6. The Morgan fingerprint density at radius 2 is 1.78 bits per heavy atom. The van der Waals surface area contributed by atoms with Crippen molar-refractivity contribution in [3.8, 4) is 22.5 Å².